The number of fused-ring (bicyclic) bond motifs is 2. The Hall–Kier alpha value is -4.05. The molecule has 0 radical (unpaired) electrons. The van der Waals surface area contributed by atoms with Gasteiger partial charge in [0.2, 0.25) is 0 Å². The molecule has 0 saturated heterocycles. The quantitative estimate of drug-likeness (QED) is 0.260. The van der Waals surface area contributed by atoms with Gasteiger partial charge in [-0.05, 0) is 52.6 Å². The Morgan fingerprint density at radius 1 is 0.909 bits per heavy atom. The van der Waals surface area contributed by atoms with Crippen LogP contribution in [0.15, 0.2) is 97.6 Å². The summed E-state index contributed by atoms with van der Waals surface area (Å²) in [4.78, 5) is 4.89. The second-order valence-electron chi connectivity index (χ2n) is 8.01. The second-order valence-corrected chi connectivity index (χ2v) is 8.01. The molecule has 33 heavy (non-hydrogen) atoms. The molecule has 0 amide bonds. The average Bonchev–Trinajstić information content (AvgIpc) is 3.21. The smallest absolute Gasteiger partial charge is 0.161 e. The summed E-state index contributed by atoms with van der Waals surface area (Å²) in [6.07, 6.45) is 2.67. The van der Waals surface area contributed by atoms with E-state index in [1.54, 1.807) is 7.11 Å². The molecule has 4 nitrogen and oxygen atoms in total. The predicted octanol–water partition coefficient (Wildman–Crippen LogP) is 6.55. The molecule has 4 aromatic carbocycles. The molecule has 0 spiro atoms. The van der Waals surface area contributed by atoms with E-state index < -0.39 is 0 Å². The molecular weight excluding hydrogens is 408 g/mol. The maximum atomic E-state index is 6.21. The van der Waals surface area contributed by atoms with Gasteiger partial charge in [0, 0.05) is 0 Å². The van der Waals surface area contributed by atoms with Gasteiger partial charge in [-0.1, -0.05) is 66.7 Å². The Kier molecular flexibility index (Phi) is 5.81. The van der Waals surface area contributed by atoms with Crippen molar-refractivity contribution in [2.24, 2.45) is 0 Å². The number of nitrogens with zero attached hydrogens (tertiary/aromatic N) is 2. The maximum absolute atomic E-state index is 6.21. The first kappa shape index (κ1) is 20.8. The van der Waals surface area contributed by atoms with E-state index in [1.165, 1.54) is 16.3 Å². The van der Waals surface area contributed by atoms with Crippen molar-refractivity contribution in [1.29, 1.82) is 0 Å². The molecule has 0 N–H and O–H groups in total. The summed E-state index contributed by atoms with van der Waals surface area (Å²) in [5.41, 5.74) is 4.45. The Bertz CT molecular complexity index is 1430. The van der Waals surface area contributed by atoms with Crippen LogP contribution in [0.25, 0.3) is 21.8 Å². The van der Waals surface area contributed by atoms with Crippen LogP contribution in [-0.2, 0) is 19.6 Å². The van der Waals surface area contributed by atoms with E-state index >= 15 is 0 Å². The van der Waals surface area contributed by atoms with E-state index in [2.05, 4.69) is 65.7 Å². The highest BCUT2D eigenvalue weighted by atomic mass is 16.5. The monoisotopic (exact) mass is 434 g/mol. The fourth-order valence-electron chi connectivity index (χ4n) is 4.28. The van der Waals surface area contributed by atoms with Gasteiger partial charge in [-0.3, -0.25) is 0 Å². The predicted molar refractivity (Wildman–Crippen MR) is 134 cm³/mol. The highest BCUT2D eigenvalue weighted by molar-refractivity contribution is 5.86. The van der Waals surface area contributed by atoms with Crippen molar-refractivity contribution in [2.75, 3.05) is 7.11 Å². The Balaban J connectivity index is 1.49. The van der Waals surface area contributed by atoms with Crippen LogP contribution < -0.4 is 9.47 Å². The standard InChI is InChI=1S/C29H26N2O2/c1-3-9-21-16-17-27(28(18-21)32-2)33-20-29-30-25-14-6-7-15-26(25)31(29)19-23-12-8-11-22-10-4-5-13-24(22)23/h3-8,10-18H,1,9,19-20H2,2H3. The Labute approximate surface area is 193 Å². The zero-order valence-corrected chi connectivity index (χ0v) is 18.7. The lowest BCUT2D eigenvalue weighted by Gasteiger charge is -2.14. The summed E-state index contributed by atoms with van der Waals surface area (Å²) in [7, 11) is 1.66. The molecule has 0 saturated carbocycles. The molecule has 0 unspecified atom stereocenters. The first-order valence-electron chi connectivity index (χ1n) is 11.1. The van der Waals surface area contributed by atoms with Crippen LogP contribution in [0.5, 0.6) is 11.5 Å². The molecule has 0 bridgehead atoms. The van der Waals surface area contributed by atoms with Crippen LogP contribution in [0, 0.1) is 0 Å². The van der Waals surface area contributed by atoms with E-state index in [0.717, 1.165) is 35.4 Å². The van der Waals surface area contributed by atoms with E-state index in [0.29, 0.717) is 18.1 Å². The first-order chi connectivity index (χ1) is 16.3. The van der Waals surface area contributed by atoms with Crippen molar-refractivity contribution in [3.63, 3.8) is 0 Å². The average molecular weight is 435 g/mol. The summed E-state index contributed by atoms with van der Waals surface area (Å²) in [6, 6.07) is 29.2. The number of ether oxygens (including phenoxy) is 2. The van der Waals surface area contributed by atoms with Gasteiger partial charge in [-0.2, -0.15) is 0 Å². The van der Waals surface area contributed by atoms with Gasteiger partial charge >= 0.3 is 0 Å². The summed E-state index contributed by atoms with van der Waals surface area (Å²) in [5, 5.41) is 2.49. The van der Waals surface area contributed by atoms with Crippen LogP contribution in [0.3, 0.4) is 0 Å². The molecule has 164 valence electrons. The number of para-hydroxylation sites is 2. The zero-order chi connectivity index (χ0) is 22.6. The van der Waals surface area contributed by atoms with Crippen molar-refractivity contribution in [1.82, 2.24) is 9.55 Å². The zero-order valence-electron chi connectivity index (χ0n) is 18.7. The maximum Gasteiger partial charge on any atom is 0.161 e. The molecule has 5 aromatic rings. The molecule has 1 aromatic heterocycles. The number of imidazole rings is 1. The van der Waals surface area contributed by atoms with Gasteiger partial charge in [-0.25, -0.2) is 4.98 Å². The normalized spacial score (nSPS) is 11.1. The number of rotatable bonds is 8. The number of aromatic nitrogens is 2. The highest BCUT2D eigenvalue weighted by Crippen LogP contribution is 2.30. The molecular formula is C29H26N2O2. The van der Waals surface area contributed by atoms with Gasteiger partial charge in [-0.15, -0.1) is 6.58 Å². The molecule has 4 heteroatoms. The highest BCUT2D eigenvalue weighted by Gasteiger charge is 2.14. The first-order valence-corrected chi connectivity index (χ1v) is 11.1. The molecule has 1 heterocycles. The van der Waals surface area contributed by atoms with E-state index in [9.17, 15) is 0 Å². The van der Waals surface area contributed by atoms with Gasteiger partial charge in [0.1, 0.15) is 12.4 Å². The summed E-state index contributed by atoms with van der Waals surface area (Å²) in [5.74, 6) is 2.29. The van der Waals surface area contributed by atoms with E-state index in [1.807, 2.05) is 36.4 Å². The fraction of sp³-hybridized carbons (Fsp3) is 0.138. The largest absolute Gasteiger partial charge is 0.493 e. The summed E-state index contributed by atoms with van der Waals surface area (Å²) in [6.45, 7) is 4.87. The van der Waals surface area contributed by atoms with Crippen LogP contribution in [0.4, 0.5) is 0 Å². The van der Waals surface area contributed by atoms with Gasteiger partial charge in [0.15, 0.2) is 11.5 Å². The molecule has 0 aliphatic rings. The third kappa shape index (κ3) is 4.20. The summed E-state index contributed by atoms with van der Waals surface area (Å²) < 4.78 is 14.0. The Morgan fingerprint density at radius 3 is 2.61 bits per heavy atom. The minimum Gasteiger partial charge on any atom is -0.493 e. The van der Waals surface area contributed by atoms with Crippen molar-refractivity contribution >= 4 is 21.8 Å². The minimum absolute atomic E-state index is 0.344. The number of benzene rings is 4. The fourth-order valence-corrected chi connectivity index (χ4v) is 4.28. The SMILES string of the molecule is C=CCc1ccc(OCc2nc3ccccc3n2Cc2cccc3ccccc23)c(OC)c1. The number of methoxy groups -OCH3 is 1. The number of hydrogen-bond donors (Lipinski definition) is 0. The lowest BCUT2D eigenvalue weighted by Crippen LogP contribution is -2.09. The van der Waals surface area contributed by atoms with Gasteiger partial charge in [0.05, 0.1) is 24.7 Å². The van der Waals surface area contributed by atoms with Crippen molar-refractivity contribution in [3.8, 4) is 11.5 Å². The molecule has 0 atom stereocenters. The third-order valence-corrected chi connectivity index (χ3v) is 5.91. The minimum atomic E-state index is 0.344. The van der Waals surface area contributed by atoms with Crippen molar-refractivity contribution < 1.29 is 9.47 Å². The summed E-state index contributed by atoms with van der Waals surface area (Å²) >= 11 is 0. The number of hydrogen-bond acceptors (Lipinski definition) is 3. The van der Waals surface area contributed by atoms with Crippen LogP contribution in [0.2, 0.25) is 0 Å². The molecule has 0 aliphatic carbocycles. The number of allylic oxidation sites excluding steroid dienone is 1. The lowest BCUT2D eigenvalue weighted by molar-refractivity contribution is 0.272. The van der Waals surface area contributed by atoms with Crippen LogP contribution in [0.1, 0.15) is 17.0 Å². The third-order valence-electron chi connectivity index (χ3n) is 5.91. The molecule has 0 aliphatic heterocycles. The van der Waals surface area contributed by atoms with Gasteiger partial charge in [0.25, 0.3) is 0 Å². The van der Waals surface area contributed by atoms with Crippen molar-refractivity contribution in [2.45, 2.75) is 19.6 Å². The van der Waals surface area contributed by atoms with E-state index in [-0.39, 0.29) is 0 Å². The Morgan fingerprint density at radius 2 is 1.73 bits per heavy atom. The van der Waals surface area contributed by atoms with Crippen molar-refractivity contribution in [3.05, 3.63) is 115 Å². The second kappa shape index (κ2) is 9.21. The van der Waals surface area contributed by atoms with Gasteiger partial charge < -0.3 is 14.0 Å². The topological polar surface area (TPSA) is 36.3 Å². The van der Waals surface area contributed by atoms with Crippen LogP contribution >= 0.6 is 0 Å². The molecule has 5 rings (SSSR count). The lowest BCUT2D eigenvalue weighted by atomic mass is 10.0. The molecule has 0 fully saturated rings. The van der Waals surface area contributed by atoms with E-state index in [4.69, 9.17) is 14.5 Å². The van der Waals surface area contributed by atoms with Crippen LogP contribution in [-0.4, -0.2) is 16.7 Å².